The monoisotopic (exact) mass is 448 g/mol. The molecule has 4 heteroatoms. The van der Waals surface area contributed by atoms with Crippen LogP contribution >= 0.6 is 0 Å². The molecule has 170 valence electrons. The van der Waals surface area contributed by atoms with E-state index < -0.39 is 10.8 Å². The molecule has 34 heavy (non-hydrogen) atoms. The predicted molar refractivity (Wildman–Crippen MR) is 135 cm³/mol. The third-order valence-electron chi connectivity index (χ3n) is 7.73. The number of carbonyl (C=O) groups excluding carboxylic acids is 2. The zero-order valence-corrected chi connectivity index (χ0v) is 19.8. The molecule has 1 unspecified atom stereocenters. The summed E-state index contributed by atoms with van der Waals surface area (Å²) >= 11 is 0. The van der Waals surface area contributed by atoms with Gasteiger partial charge in [-0.2, -0.15) is 0 Å². The quantitative estimate of drug-likeness (QED) is 0.531. The number of anilines is 2. The van der Waals surface area contributed by atoms with Gasteiger partial charge in [0.05, 0.1) is 6.54 Å². The highest BCUT2D eigenvalue weighted by molar-refractivity contribution is 6.21. The molecular formula is C30H28N2O2. The van der Waals surface area contributed by atoms with Gasteiger partial charge in [0, 0.05) is 39.2 Å². The highest BCUT2D eigenvalue weighted by Crippen LogP contribution is 2.58. The van der Waals surface area contributed by atoms with Crippen LogP contribution < -0.4 is 10.2 Å². The molecule has 0 radical (unpaired) electrons. The Hall–Kier alpha value is -3.66. The van der Waals surface area contributed by atoms with E-state index in [4.69, 9.17) is 0 Å². The van der Waals surface area contributed by atoms with Crippen molar-refractivity contribution in [2.45, 2.75) is 45.6 Å². The van der Waals surface area contributed by atoms with Crippen LogP contribution in [0.3, 0.4) is 0 Å². The second-order valence-electron chi connectivity index (χ2n) is 10.4. The van der Waals surface area contributed by atoms with Crippen molar-refractivity contribution in [2.75, 3.05) is 10.2 Å². The van der Waals surface area contributed by atoms with Crippen molar-refractivity contribution in [1.82, 2.24) is 0 Å². The molecule has 3 aliphatic rings. The molecule has 3 aromatic rings. The zero-order chi connectivity index (χ0) is 23.7. The molecule has 2 aliphatic heterocycles. The van der Waals surface area contributed by atoms with Crippen LogP contribution in [0.4, 0.5) is 11.4 Å². The van der Waals surface area contributed by atoms with Gasteiger partial charge in [0.15, 0.2) is 5.78 Å². The van der Waals surface area contributed by atoms with Crippen LogP contribution in [-0.4, -0.2) is 11.7 Å². The highest BCUT2D eigenvalue weighted by atomic mass is 16.2. The number of allylic oxidation sites excluding steroid dienone is 1. The topological polar surface area (TPSA) is 49.4 Å². The summed E-state index contributed by atoms with van der Waals surface area (Å²) in [6.45, 7) is 6.52. The molecule has 1 spiro atoms. The van der Waals surface area contributed by atoms with Gasteiger partial charge in [-0.05, 0) is 37.5 Å². The third-order valence-corrected chi connectivity index (χ3v) is 7.73. The van der Waals surface area contributed by atoms with E-state index in [1.807, 2.05) is 80.3 Å². The van der Waals surface area contributed by atoms with Crippen molar-refractivity contribution in [3.8, 4) is 0 Å². The molecule has 0 aromatic heterocycles. The molecule has 0 saturated heterocycles. The minimum absolute atomic E-state index is 0.0375. The highest BCUT2D eigenvalue weighted by Gasteiger charge is 2.61. The second kappa shape index (κ2) is 7.17. The van der Waals surface area contributed by atoms with E-state index >= 15 is 0 Å². The van der Waals surface area contributed by atoms with E-state index in [0.29, 0.717) is 12.1 Å². The Morgan fingerprint density at radius 2 is 1.65 bits per heavy atom. The summed E-state index contributed by atoms with van der Waals surface area (Å²) in [5.41, 5.74) is 5.59. The van der Waals surface area contributed by atoms with Crippen LogP contribution in [0.5, 0.6) is 0 Å². The third kappa shape index (κ3) is 2.71. The van der Waals surface area contributed by atoms with Crippen LogP contribution in [0, 0.1) is 12.3 Å². The Bertz CT molecular complexity index is 1390. The molecule has 3 aromatic carbocycles. The zero-order valence-electron chi connectivity index (χ0n) is 19.8. The molecule has 0 saturated carbocycles. The van der Waals surface area contributed by atoms with Gasteiger partial charge >= 0.3 is 0 Å². The number of carbonyl (C=O) groups is 2. The van der Waals surface area contributed by atoms with Gasteiger partial charge in [-0.15, -0.1) is 0 Å². The number of fused-ring (bicyclic) bond motifs is 5. The number of amides is 1. The maximum absolute atomic E-state index is 14.7. The first-order chi connectivity index (χ1) is 16.3. The number of hydrogen-bond acceptors (Lipinski definition) is 3. The van der Waals surface area contributed by atoms with Gasteiger partial charge in [0.1, 0.15) is 5.41 Å². The number of nitrogens with one attached hydrogen (secondary N) is 1. The molecule has 0 fully saturated rings. The van der Waals surface area contributed by atoms with Gasteiger partial charge < -0.3 is 10.2 Å². The minimum Gasteiger partial charge on any atom is -0.358 e. The van der Waals surface area contributed by atoms with E-state index in [0.717, 1.165) is 52.2 Å². The van der Waals surface area contributed by atoms with Crippen LogP contribution in [0.15, 0.2) is 84.1 Å². The molecule has 1 atom stereocenters. The van der Waals surface area contributed by atoms with Crippen LogP contribution in [0.25, 0.3) is 0 Å². The van der Waals surface area contributed by atoms with Crippen molar-refractivity contribution in [2.24, 2.45) is 5.41 Å². The van der Waals surface area contributed by atoms with Gasteiger partial charge in [-0.1, -0.05) is 80.1 Å². The van der Waals surface area contributed by atoms with Crippen molar-refractivity contribution in [3.05, 3.63) is 106 Å². The molecule has 4 nitrogen and oxygen atoms in total. The van der Waals surface area contributed by atoms with E-state index in [1.54, 1.807) is 0 Å². The first kappa shape index (κ1) is 20.9. The lowest BCUT2D eigenvalue weighted by Crippen LogP contribution is -2.51. The maximum Gasteiger partial charge on any atom is 0.247 e. The molecule has 2 heterocycles. The van der Waals surface area contributed by atoms with E-state index in [-0.39, 0.29) is 11.7 Å². The Morgan fingerprint density at radius 1 is 0.912 bits per heavy atom. The normalized spacial score (nSPS) is 22.4. The fraction of sp³-hybridized carbons (Fsp3) is 0.267. The predicted octanol–water partition coefficient (Wildman–Crippen LogP) is 5.90. The number of ketones is 1. The second-order valence-corrected chi connectivity index (χ2v) is 10.4. The largest absolute Gasteiger partial charge is 0.358 e. The van der Waals surface area contributed by atoms with E-state index in [1.165, 1.54) is 0 Å². The summed E-state index contributed by atoms with van der Waals surface area (Å²) in [6.07, 6.45) is 1.51. The fourth-order valence-electron chi connectivity index (χ4n) is 5.93. The number of nitrogens with zero attached hydrogens (tertiary/aromatic N) is 1. The average molecular weight is 449 g/mol. The van der Waals surface area contributed by atoms with Crippen molar-refractivity contribution < 1.29 is 9.59 Å². The summed E-state index contributed by atoms with van der Waals surface area (Å²) in [6, 6.07) is 24.3. The van der Waals surface area contributed by atoms with Gasteiger partial charge in [0.2, 0.25) is 5.91 Å². The Labute approximate surface area is 200 Å². The van der Waals surface area contributed by atoms with E-state index in [9.17, 15) is 9.59 Å². The molecule has 1 N–H and O–H groups in total. The molecule has 0 bridgehead atoms. The number of para-hydroxylation sites is 1. The van der Waals surface area contributed by atoms with Crippen LogP contribution in [0.2, 0.25) is 0 Å². The van der Waals surface area contributed by atoms with Crippen molar-refractivity contribution >= 4 is 23.1 Å². The molecule has 1 aliphatic carbocycles. The fourth-order valence-corrected chi connectivity index (χ4v) is 5.93. The van der Waals surface area contributed by atoms with Gasteiger partial charge in [0.25, 0.3) is 0 Å². The van der Waals surface area contributed by atoms with Crippen LogP contribution in [0.1, 0.15) is 48.9 Å². The number of rotatable bonds is 2. The summed E-state index contributed by atoms with van der Waals surface area (Å²) in [7, 11) is 0. The molecule has 1 amide bonds. The SMILES string of the molecule is Cc1ccc2c(c1)C1(C(=O)N(Cc3ccccc3)c3ccccc31)C1=C(CCC(C)(C)C1=O)N2. The number of benzene rings is 3. The lowest BCUT2D eigenvalue weighted by molar-refractivity contribution is -0.128. The summed E-state index contributed by atoms with van der Waals surface area (Å²) in [4.78, 5) is 30.7. The van der Waals surface area contributed by atoms with E-state index in [2.05, 4.69) is 23.5 Å². The molecule has 6 rings (SSSR count). The lowest BCUT2D eigenvalue weighted by atomic mass is 9.59. The van der Waals surface area contributed by atoms with Crippen molar-refractivity contribution in [3.63, 3.8) is 0 Å². The summed E-state index contributed by atoms with van der Waals surface area (Å²) in [5.74, 6) is 0.0302. The summed E-state index contributed by atoms with van der Waals surface area (Å²) in [5, 5.41) is 3.55. The standard InChI is InChI=1S/C30H28N2O2/c1-19-13-14-23-22(17-19)30(26-24(31-23)15-16-29(2,3)27(26)33)21-11-7-8-12-25(21)32(28(30)34)18-20-9-5-4-6-10-20/h4-14,17,31H,15-16,18H2,1-3H3. The van der Waals surface area contributed by atoms with Crippen molar-refractivity contribution in [1.29, 1.82) is 0 Å². The Kier molecular flexibility index (Phi) is 4.41. The number of aryl methyl sites for hydroxylation is 1. The Morgan fingerprint density at radius 3 is 2.44 bits per heavy atom. The first-order valence-electron chi connectivity index (χ1n) is 12.0. The average Bonchev–Trinajstić information content (AvgIpc) is 3.07. The lowest BCUT2D eigenvalue weighted by Gasteiger charge is -2.44. The smallest absolute Gasteiger partial charge is 0.247 e. The summed E-state index contributed by atoms with van der Waals surface area (Å²) < 4.78 is 0. The Balaban J connectivity index is 1.66. The molecular weight excluding hydrogens is 420 g/mol. The first-order valence-corrected chi connectivity index (χ1v) is 12.0. The number of Topliss-reactive ketones (excluding diaryl/α,β-unsaturated/α-hetero) is 1. The minimum atomic E-state index is -1.14. The van der Waals surface area contributed by atoms with Crippen LogP contribution in [-0.2, 0) is 21.5 Å². The number of hydrogen-bond donors (Lipinski definition) is 1. The van der Waals surface area contributed by atoms with Gasteiger partial charge in [-0.3, -0.25) is 9.59 Å². The van der Waals surface area contributed by atoms with Gasteiger partial charge in [-0.25, -0.2) is 0 Å². The maximum atomic E-state index is 14.7.